The highest BCUT2D eigenvalue weighted by Gasteiger charge is 2.33. The first-order valence-corrected chi connectivity index (χ1v) is 13.6. The van der Waals surface area contributed by atoms with Crippen LogP contribution in [0.15, 0.2) is 77.6 Å². The van der Waals surface area contributed by atoms with Crippen LogP contribution in [0.25, 0.3) is 10.9 Å². The molecule has 40 heavy (non-hydrogen) atoms. The monoisotopic (exact) mass is 537 g/mol. The Bertz CT molecular complexity index is 1670. The van der Waals surface area contributed by atoms with Gasteiger partial charge in [0.2, 0.25) is 0 Å². The van der Waals surface area contributed by atoms with E-state index in [4.69, 9.17) is 0 Å². The fraction of sp³-hybridized carbons (Fsp3) is 0.290. The zero-order valence-electron chi connectivity index (χ0n) is 22.7. The summed E-state index contributed by atoms with van der Waals surface area (Å²) in [6.07, 6.45) is 0.774. The van der Waals surface area contributed by atoms with E-state index >= 15 is 0 Å². The molecule has 1 fully saturated rings. The number of nitrogens with one attached hydrogen (secondary N) is 1. The molecule has 6 rings (SSSR count). The second-order valence-electron chi connectivity index (χ2n) is 10.5. The molecule has 0 aliphatic carbocycles. The topological polar surface area (TPSA) is 82.9 Å². The van der Waals surface area contributed by atoms with Crippen LogP contribution in [0.5, 0.6) is 0 Å². The molecular formula is C31H32FN7O. The van der Waals surface area contributed by atoms with Crippen molar-refractivity contribution in [2.75, 3.05) is 31.1 Å². The lowest BCUT2D eigenvalue weighted by atomic mass is 10.00. The van der Waals surface area contributed by atoms with Gasteiger partial charge in [0.05, 0.1) is 5.52 Å². The minimum Gasteiger partial charge on any atom is -0.369 e. The third-order valence-electron chi connectivity index (χ3n) is 7.75. The molecule has 1 unspecified atom stereocenters. The first-order chi connectivity index (χ1) is 19.5. The number of aromatic nitrogens is 5. The number of benzene rings is 3. The highest BCUT2D eigenvalue weighted by atomic mass is 19.1. The van der Waals surface area contributed by atoms with Crippen LogP contribution in [0.3, 0.4) is 0 Å². The molecule has 5 aromatic rings. The first-order valence-electron chi connectivity index (χ1n) is 13.6. The van der Waals surface area contributed by atoms with Gasteiger partial charge in [0, 0.05) is 44.0 Å². The maximum absolute atomic E-state index is 13.7. The fourth-order valence-corrected chi connectivity index (χ4v) is 5.74. The van der Waals surface area contributed by atoms with Crippen molar-refractivity contribution in [1.82, 2.24) is 30.1 Å². The van der Waals surface area contributed by atoms with Gasteiger partial charge in [-0.3, -0.25) is 9.69 Å². The molecule has 0 amide bonds. The smallest absolute Gasteiger partial charge is 0.253 e. The Morgan fingerprint density at radius 1 is 0.950 bits per heavy atom. The third-order valence-corrected chi connectivity index (χ3v) is 7.75. The van der Waals surface area contributed by atoms with Crippen LogP contribution >= 0.6 is 0 Å². The van der Waals surface area contributed by atoms with E-state index in [2.05, 4.69) is 61.5 Å². The molecule has 1 N–H and O–H groups in total. The zero-order chi connectivity index (χ0) is 27.6. The maximum Gasteiger partial charge on any atom is 0.253 e. The molecule has 3 aromatic carbocycles. The van der Waals surface area contributed by atoms with Gasteiger partial charge in [-0.15, -0.1) is 5.10 Å². The number of H-pyrrole nitrogens is 1. The van der Waals surface area contributed by atoms with Crippen molar-refractivity contribution in [3.63, 3.8) is 0 Å². The van der Waals surface area contributed by atoms with Crippen molar-refractivity contribution in [3.8, 4) is 0 Å². The molecule has 8 nitrogen and oxygen atoms in total. The van der Waals surface area contributed by atoms with Gasteiger partial charge in [0.15, 0.2) is 5.82 Å². The molecule has 1 saturated heterocycles. The minimum atomic E-state index is -0.421. The summed E-state index contributed by atoms with van der Waals surface area (Å²) < 4.78 is 15.3. The maximum atomic E-state index is 13.7. The Morgan fingerprint density at radius 2 is 1.70 bits per heavy atom. The van der Waals surface area contributed by atoms with Crippen molar-refractivity contribution in [3.05, 3.63) is 117 Å². The van der Waals surface area contributed by atoms with Gasteiger partial charge in [-0.2, -0.15) is 0 Å². The molecule has 1 atom stereocenters. The van der Waals surface area contributed by atoms with Gasteiger partial charge in [-0.25, -0.2) is 9.07 Å². The predicted molar refractivity (Wildman–Crippen MR) is 154 cm³/mol. The Labute approximate surface area is 232 Å². The number of fused-ring (bicyclic) bond motifs is 1. The Kier molecular flexibility index (Phi) is 7.13. The average molecular weight is 538 g/mol. The van der Waals surface area contributed by atoms with Crippen LogP contribution in [0.1, 0.15) is 34.1 Å². The van der Waals surface area contributed by atoms with Crippen molar-refractivity contribution in [1.29, 1.82) is 0 Å². The summed E-state index contributed by atoms with van der Waals surface area (Å²) in [6, 6.07) is 22.6. The number of hydrogen-bond donors (Lipinski definition) is 1. The van der Waals surface area contributed by atoms with Crippen molar-refractivity contribution in [2.24, 2.45) is 0 Å². The number of halogens is 1. The molecule has 2 aromatic heterocycles. The Hall–Kier alpha value is -4.37. The fourth-order valence-electron chi connectivity index (χ4n) is 5.74. The SMILES string of the molecule is Cc1cc(C)c2[nH]c(=O)c(C(c3nnnn3CCc3ccccc3)N3CCN(c4ccc(F)cc4)CC3)cc2c1. The van der Waals surface area contributed by atoms with Crippen LogP contribution in [0.2, 0.25) is 0 Å². The summed E-state index contributed by atoms with van der Waals surface area (Å²) in [5.74, 6) is 0.409. The number of hydrogen-bond acceptors (Lipinski definition) is 6. The van der Waals surface area contributed by atoms with Gasteiger partial charge >= 0.3 is 0 Å². The number of pyridine rings is 1. The molecule has 0 spiro atoms. The van der Waals surface area contributed by atoms with E-state index in [-0.39, 0.29) is 11.4 Å². The summed E-state index contributed by atoms with van der Waals surface area (Å²) in [5, 5.41) is 13.8. The second-order valence-corrected chi connectivity index (χ2v) is 10.5. The summed E-state index contributed by atoms with van der Waals surface area (Å²) in [4.78, 5) is 21.3. The van der Waals surface area contributed by atoms with Gasteiger partial charge in [0.25, 0.3) is 5.56 Å². The van der Waals surface area contributed by atoms with Crippen LogP contribution in [-0.2, 0) is 13.0 Å². The summed E-state index contributed by atoms with van der Waals surface area (Å²) in [5.41, 5.74) is 5.70. The number of piperazine rings is 1. The van der Waals surface area contributed by atoms with Crippen LogP contribution in [0, 0.1) is 19.7 Å². The average Bonchev–Trinajstić information content (AvgIpc) is 3.42. The third kappa shape index (κ3) is 5.24. The lowest BCUT2D eigenvalue weighted by Crippen LogP contribution is -2.49. The largest absolute Gasteiger partial charge is 0.369 e. The number of nitrogens with zero attached hydrogens (tertiary/aromatic N) is 6. The Balaban J connectivity index is 1.36. The molecule has 0 bridgehead atoms. The first kappa shape index (κ1) is 25.9. The lowest BCUT2D eigenvalue weighted by molar-refractivity contribution is 0.199. The quantitative estimate of drug-likeness (QED) is 0.331. The van der Waals surface area contributed by atoms with Gasteiger partial charge in [-0.05, 0) is 83.6 Å². The van der Waals surface area contributed by atoms with E-state index in [0.29, 0.717) is 31.0 Å². The Morgan fingerprint density at radius 3 is 2.45 bits per heavy atom. The summed E-state index contributed by atoms with van der Waals surface area (Å²) in [7, 11) is 0. The van der Waals surface area contributed by atoms with Gasteiger partial charge in [0.1, 0.15) is 11.9 Å². The van der Waals surface area contributed by atoms with E-state index in [9.17, 15) is 9.18 Å². The highest BCUT2D eigenvalue weighted by Crippen LogP contribution is 2.30. The number of anilines is 1. The molecular weight excluding hydrogens is 505 g/mol. The van der Waals surface area contributed by atoms with Crippen LogP contribution in [-0.4, -0.2) is 56.3 Å². The molecule has 1 aliphatic heterocycles. The van der Waals surface area contributed by atoms with E-state index in [1.54, 1.807) is 0 Å². The van der Waals surface area contributed by atoms with Gasteiger partial charge in [-0.1, -0.05) is 42.0 Å². The van der Waals surface area contributed by atoms with E-state index in [0.717, 1.165) is 47.2 Å². The normalized spacial score (nSPS) is 15.0. The summed E-state index contributed by atoms with van der Waals surface area (Å²) >= 11 is 0. The lowest BCUT2D eigenvalue weighted by Gasteiger charge is -2.39. The van der Waals surface area contributed by atoms with Crippen LogP contribution < -0.4 is 10.5 Å². The predicted octanol–water partition coefficient (Wildman–Crippen LogP) is 4.42. The zero-order valence-corrected chi connectivity index (χ0v) is 22.7. The number of tetrazole rings is 1. The molecule has 9 heteroatoms. The standard InChI is InChI=1S/C31H32FN7O/c1-21-18-22(2)28-24(19-21)20-27(31(40)33-28)29(30-34-35-36-39(30)13-12-23-6-4-3-5-7-23)38-16-14-37(15-17-38)26-10-8-25(32)9-11-26/h3-11,18-20,29H,12-17H2,1-2H3,(H,33,40). The van der Waals surface area contributed by atoms with Crippen molar-refractivity contribution in [2.45, 2.75) is 32.9 Å². The summed E-state index contributed by atoms with van der Waals surface area (Å²) in [6.45, 7) is 7.53. The van der Waals surface area contributed by atoms with Crippen molar-refractivity contribution < 1.29 is 4.39 Å². The number of aromatic amines is 1. The van der Waals surface area contributed by atoms with E-state index < -0.39 is 6.04 Å². The van der Waals surface area contributed by atoms with Crippen LogP contribution in [0.4, 0.5) is 10.1 Å². The molecule has 1 aliphatic rings. The van der Waals surface area contributed by atoms with E-state index in [1.165, 1.54) is 17.7 Å². The van der Waals surface area contributed by atoms with Gasteiger partial charge < -0.3 is 9.88 Å². The second kappa shape index (κ2) is 11.0. The molecule has 0 saturated carbocycles. The number of aryl methyl sites for hydroxylation is 4. The highest BCUT2D eigenvalue weighted by molar-refractivity contribution is 5.83. The molecule has 0 radical (unpaired) electrons. The van der Waals surface area contributed by atoms with Crippen molar-refractivity contribution >= 4 is 16.6 Å². The molecule has 3 heterocycles. The minimum absolute atomic E-state index is 0.136. The number of rotatable bonds is 7. The molecule has 204 valence electrons. The van der Waals surface area contributed by atoms with E-state index in [1.807, 2.05) is 48.0 Å².